The van der Waals surface area contributed by atoms with E-state index in [-0.39, 0.29) is 0 Å². The Kier molecular flexibility index (Phi) is 2.60. The zero-order chi connectivity index (χ0) is 8.27. The number of rotatable bonds is 2. The van der Waals surface area contributed by atoms with Crippen molar-refractivity contribution in [3.63, 3.8) is 0 Å². The van der Waals surface area contributed by atoms with Crippen molar-refractivity contribution >= 4 is 0 Å². The van der Waals surface area contributed by atoms with Gasteiger partial charge in [0, 0.05) is 18.9 Å². The Morgan fingerprint density at radius 3 is 2.73 bits per heavy atom. The van der Waals surface area contributed by atoms with Crippen LogP contribution in [0, 0.1) is 6.92 Å². The van der Waals surface area contributed by atoms with Crippen molar-refractivity contribution in [2.75, 3.05) is 14.1 Å². The molecule has 60 valence electrons. The molecule has 1 aromatic rings. The standard InChI is InChI=1S/C9H14N2/c1-8-4-5-10-6-9(8)7-11(2)3/h4-6H,7H2,1-3H3. The fraction of sp³-hybridized carbons (Fsp3) is 0.444. The summed E-state index contributed by atoms with van der Waals surface area (Å²) in [6, 6.07) is 2.04. The van der Waals surface area contributed by atoms with Crippen molar-refractivity contribution in [3.8, 4) is 0 Å². The predicted octanol–water partition coefficient (Wildman–Crippen LogP) is 1.45. The number of pyridine rings is 1. The number of hydrogen-bond acceptors (Lipinski definition) is 2. The van der Waals surface area contributed by atoms with Crippen LogP contribution in [0.15, 0.2) is 18.5 Å². The van der Waals surface area contributed by atoms with E-state index in [1.54, 1.807) is 0 Å². The monoisotopic (exact) mass is 150 g/mol. The van der Waals surface area contributed by atoms with Gasteiger partial charge < -0.3 is 4.90 Å². The van der Waals surface area contributed by atoms with Crippen LogP contribution in [0.4, 0.5) is 0 Å². The topological polar surface area (TPSA) is 16.1 Å². The molecule has 0 fully saturated rings. The highest BCUT2D eigenvalue weighted by Crippen LogP contribution is 2.05. The molecule has 0 saturated heterocycles. The van der Waals surface area contributed by atoms with Gasteiger partial charge in [-0.05, 0) is 38.2 Å². The number of hydrogen-bond donors (Lipinski definition) is 0. The largest absolute Gasteiger partial charge is 0.305 e. The zero-order valence-electron chi connectivity index (χ0n) is 7.33. The van der Waals surface area contributed by atoms with Crippen LogP contribution in [0.1, 0.15) is 11.1 Å². The van der Waals surface area contributed by atoms with Crippen molar-refractivity contribution in [1.82, 2.24) is 9.88 Å². The highest BCUT2D eigenvalue weighted by molar-refractivity contribution is 5.20. The lowest BCUT2D eigenvalue weighted by Gasteiger charge is -2.10. The van der Waals surface area contributed by atoms with E-state index in [0.29, 0.717) is 0 Å². The summed E-state index contributed by atoms with van der Waals surface area (Å²) in [7, 11) is 4.12. The minimum atomic E-state index is 0.972. The Bertz CT molecular complexity index is 231. The van der Waals surface area contributed by atoms with Crippen LogP contribution in [0.5, 0.6) is 0 Å². The summed E-state index contributed by atoms with van der Waals surface area (Å²) in [5, 5.41) is 0. The predicted molar refractivity (Wildman–Crippen MR) is 46.4 cm³/mol. The lowest BCUT2D eigenvalue weighted by Crippen LogP contribution is -2.11. The van der Waals surface area contributed by atoms with Crippen LogP contribution in [0.3, 0.4) is 0 Å². The van der Waals surface area contributed by atoms with E-state index in [0.717, 1.165) is 6.54 Å². The van der Waals surface area contributed by atoms with Crippen LogP contribution < -0.4 is 0 Å². The Hall–Kier alpha value is -0.890. The summed E-state index contributed by atoms with van der Waals surface area (Å²) < 4.78 is 0. The van der Waals surface area contributed by atoms with Gasteiger partial charge in [-0.25, -0.2) is 0 Å². The summed E-state index contributed by atoms with van der Waals surface area (Å²) in [5.41, 5.74) is 2.62. The summed E-state index contributed by atoms with van der Waals surface area (Å²) in [5.74, 6) is 0. The van der Waals surface area contributed by atoms with Crippen LogP contribution in [0.2, 0.25) is 0 Å². The van der Waals surface area contributed by atoms with Gasteiger partial charge in [-0.2, -0.15) is 0 Å². The average molecular weight is 150 g/mol. The Balaban J connectivity index is 2.78. The molecule has 0 atom stereocenters. The number of nitrogens with zero attached hydrogens (tertiary/aromatic N) is 2. The van der Waals surface area contributed by atoms with Gasteiger partial charge in [0.25, 0.3) is 0 Å². The molecule has 0 unspecified atom stereocenters. The molecule has 0 amide bonds. The van der Waals surface area contributed by atoms with Crippen molar-refractivity contribution < 1.29 is 0 Å². The maximum Gasteiger partial charge on any atom is 0.0315 e. The molecule has 1 rings (SSSR count). The maximum atomic E-state index is 4.07. The first-order chi connectivity index (χ1) is 5.20. The Morgan fingerprint density at radius 2 is 2.18 bits per heavy atom. The number of aryl methyl sites for hydroxylation is 1. The lowest BCUT2D eigenvalue weighted by atomic mass is 10.1. The van der Waals surface area contributed by atoms with Gasteiger partial charge in [-0.3, -0.25) is 4.98 Å². The van der Waals surface area contributed by atoms with Crippen molar-refractivity contribution in [2.45, 2.75) is 13.5 Å². The van der Waals surface area contributed by atoms with Crippen molar-refractivity contribution in [3.05, 3.63) is 29.6 Å². The molecular weight excluding hydrogens is 136 g/mol. The quantitative estimate of drug-likeness (QED) is 0.634. The van der Waals surface area contributed by atoms with E-state index in [4.69, 9.17) is 0 Å². The molecule has 0 aliphatic carbocycles. The third kappa shape index (κ3) is 2.31. The molecule has 2 nitrogen and oxygen atoms in total. The Morgan fingerprint density at radius 1 is 1.45 bits per heavy atom. The normalized spacial score (nSPS) is 10.5. The van der Waals surface area contributed by atoms with E-state index in [2.05, 4.69) is 30.9 Å². The summed E-state index contributed by atoms with van der Waals surface area (Å²) in [6.07, 6.45) is 3.75. The zero-order valence-corrected chi connectivity index (χ0v) is 7.33. The highest BCUT2D eigenvalue weighted by atomic mass is 15.0. The van der Waals surface area contributed by atoms with Crippen LogP contribution in [-0.2, 0) is 6.54 Å². The van der Waals surface area contributed by atoms with Gasteiger partial charge in [0.15, 0.2) is 0 Å². The molecule has 1 heterocycles. The van der Waals surface area contributed by atoms with Gasteiger partial charge >= 0.3 is 0 Å². The minimum absolute atomic E-state index is 0.972. The van der Waals surface area contributed by atoms with Gasteiger partial charge in [0.1, 0.15) is 0 Å². The summed E-state index contributed by atoms with van der Waals surface area (Å²) in [6.45, 7) is 3.08. The molecular formula is C9H14N2. The molecule has 0 aromatic carbocycles. The van der Waals surface area contributed by atoms with Crippen molar-refractivity contribution in [2.24, 2.45) is 0 Å². The van der Waals surface area contributed by atoms with Gasteiger partial charge in [-0.15, -0.1) is 0 Å². The fourth-order valence-electron chi connectivity index (χ4n) is 1.00. The third-order valence-electron chi connectivity index (χ3n) is 1.63. The maximum absolute atomic E-state index is 4.07. The van der Waals surface area contributed by atoms with E-state index < -0.39 is 0 Å². The molecule has 0 bridgehead atoms. The molecule has 1 aromatic heterocycles. The molecule has 0 aliphatic heterocycles. The first kappa shape index (κ1) is 8.21. The smallest absolute Gasteiger partial charge is 0.0315 e. The summed E-state index contributed by atoms with van der Waals surface area (Å²) >= 11 is 0. The Labute approximate surface area is 67.9 Å². The van der Waals surface area contributed by atoms with E-state index >= 15 is 0 Å². The highest BCUT2D eigenvalue weighted by Gasteiger charge is 1.97. The van der Waals surface area contributed by atoms with Gasteiger partial charge in [0.05, 0.1) is 0 Å². The fourth-order valence-corrected chi connectivity index (χ4v) is 1.00. The lowest BCUT2D eigenvalue weighted by molar-refractivity contribution is 0.401. The summed E-state index contributed by atoms with van der Waals surface area (Å²) in [4.78, 5) is 6.21. The SMILES string of the molecule is Cc1ccncc1CN(C)C. The van der Waals surface area contributed by atoms with E-state index in [9.17, 15) is 0 Å². The van der Waals surface area contributed by atoms with Crippen molar-refractivity contribution in [1.29, 1.82) is 0 Å². The molecule has 0 radical (unpaired) electrons. The van der Waals surface area contributed by atoms with Crippen LogP contribution in [-0.4, -0.2) is 24.0 Å². The van der Waals surface area contributed by atoms with Crippen LogP contribution in [0.25, 0.3) is 0 Å². The van der Waals surface area contributed by atoms with E-state index in [1.165, 1.54) is 11.1 Å². The average Bonchev–Trinajstić information content (AvgIpc) is 1.93. The van der Waals surface area contributed by atoms with Crippen LogP contribution >= 0.6 is 0 Å². The third-order valence-corrected chi connectivity index (χ3v) is 1.63. The molecule has 0 spiro atoms. The number of aromatic nitrogens is 1. The second-order valence-corrected chi connectivity index (χ2v) is 3.04. The first-order valence-corrected chi connectivity index (χ1v) is 3.74. The minimum Gasteiger partial charge on any atom is -0.305 e. The van der Waals surface area contributed by atoms with Gasteiger partial charge in [-0.1, -0.05) is 0 Å². The molecule has 2 heteroatoms. The second kappa shape index (κ2) is 3.49. The molecule has 0 saturated carbocycles. The molecule has 11 heavy (non-hydrogen) atoms. The molecule has 0 N–H and O–H groups in total. The molecule has 0 aliphatic rings. The van der Waals surface area contributed by atoms with Gasteiger partial charge in [0.2, 0.25) is 0 Å². The van der Waals surface area contributed by atoms with E-state index in [1.807, 2.05) is 18.5 Å². The second-order valence-electron chi connectivity index (χ2n) is 3.04. The first-order valence-electron chi connectivity index (χ1n) is 3.74.